The first-order valence-corrected chi connectivity index (χ1v) is 7.13. The van der Waals surface area contributed by atoms with E-state index >= 15 is 0 Å². The van der Waals surface area contributed by atoms with Crippen molar-refractivity contribution >= 4 is 23.5 Å². The summed E-state index contributed by atoms with van der Waals surface area (Å²) in [6.45, 7) is 9.02. The van der Waals surface area contributed by atoms with E-state index in [1.54, 1.807) is 20.8 Å². The van der Waals surface area contributed by atoms with Gasteiger partial charge in [-0.3, -0.25) is 9.78 Å². The summed E-state index contributed by atoms with van der Waals surface area (Å²) in [6, 6.07) is 0.769. The molecule has 21 heavy (non-hydrogen) atoms. The number of carbonyl (C=O) groups excluding carboxylic acids is 2. The van der Waals surface area contributed by atoms with Gasteiger partial charge in [-0.25, -0.2) is 4.79 Å². The fourth-order valence-corrected chi connectivity index (χ4v) is 1.85. The largest absolute Gasteiger partial charge is 0.458 e. The Bertz CT molecular complexity index is 524. The number of rotatable bonds is 4. The molecule has 0 aliphatic heterocycles. The van der Waals surface area contributed by atoms with Gasteiger partial charge in [0.2, 0.25) is 0 Å². The normalized spacial score (nSPS) is 12.9. The lowest BCUT2D eigenvalue weighted by atomic mass is 10.0. The Morgan fingerprint density at radius 2 is 1.95 bits per heavy atom. The number of nitrogens with zero attached hydrogens (tertiary/aromatic N) is 1. The maximum absolute atomic E-state index is 12.2. The minimum Gasteiger partial charge on any atom is -0.458 e. The topological polar surface area (TPSA) is 68.3 Å². The molecule has 1 aromatic rings. The zero-order valence-corrected chi connectivity index (χ0v) is 13.7. The van der Waals surface area contributed by atoms with Crippen LogP contribution in [-0.2, 0) is 9.53 Å². The number of aromatic nitrogens is 1. The first-order chi connectivity index (χ1) is 9.61. The molecular weight excluding hydrogens is 292 g/mol. The second kappa shape index (κ2) is 6.89. The van der Waals surface area contributed by atoms with Crippen LogP contribution in [0.5, 0.6) is 0 Å². The van der Waals surface area contributed by atoms with E-state index in [1.165, 1.54) is 18.5 Å². The number of amides is 1. The number of carbonyl (C=O) groups is 2. The van der Waals surface area contributed by atoms with E-state index < -0.39 is 23.5 Å². The number of nitrogens with one attached hydrogen (secondary N) is 1. The van der Waals surface area contributed by atoms with E-state index in [9.17, 15) is 9.59 Å². The second-order valence-electron chi connectivity index (χ2n) is 6.08. The van der Waals surface area contributed by atoms with Gasteiger partial charge in [-0.1, -0.05) is 25.4 Å². The molecular formula is C15H21ClN2O3. The number of hydrogen-bond acceptors (Lipinski definition) is 4. The first-order valence-electron chi connectivity index (χ1n) is 6.75. The molecule has 5 nitrogen and oxygen atoms in total. The van der Waals surface area contributed by atoms with Gasteiger partial charge < -0.3 is 10.1 Å². The summed E-state index contributed by atoms with van der Waals surface area (Å²) in [6.07, 6.45) is 2.85. The SMILES string of the molecule is CC(C)[C@H](NC(=O)c1ccncc1Cl)C(=O)OC(C)(C)C. The van der Waals surface area contributed by atoms with Gasteiger partial charge in [-0.05, 0) is 32.8 Å². The van der Waals surface area contributed by atoms with Crippen molar-refractivity contribution in [2.75, 3.05) is 0 Å². The van der Waals surface area contributed by atoms with E-state index in [4.69, 9.17) is 16.3 Å². The maximum Gasteiger partial charge on any atom is 0.329 e. The van der Waals surface area contributed by atoms with Crippen LogP contribution >= 0.6 is 11.6 Å². The van der Waals surface area contributed by atoms with Gasteiger partial charge in [0.25, 0.3) is 5.91 Å². The molecule has 1 heterocycles. The van der Waals surface area contributed by atoms with Crippen molar-refractivity contribution in [3.8, 4) is 0 Å². The van der Waals surface area contributed by atoms with E-state index in [0.29, 0.717) is 0 Å². The van der Waals surface area contributed by atoms with Crippen LogP contribution in [0.15, 0.2) is 18.5 Å². The lowest BCUT2D eigenvalue weighted by molar-refractivity contribution is -0.158. The van der Waals surface area contributed by atoms with Gasteiger partial charge in [-0.2, -0.15) is 0 Å². The van der Waals surface area contributed by atoms with Crippen molar-refractivity contribution in [2.24, 2.45) is 5.92 Å². The second-order valence-corrected chi connectivity index (χ2v) is 6.49. The molecule has 1 N–H and O–H groups in total. The molecule has 116 valence electrons. The van der Waals surface area contributed by atoms with Crippen LogP contribution in [0, 0.1) is 5.92 Å². The number of pyridine rings is 1. The molecule has 1 atom stereocenters. The van der Waals surface area contributed by atoms with Gasteiger partial charge in [0.15, 0.2) is 0 Å². The third-order valence-corrected chi connectivity index (χ3v) is 2.93. The minimum absolute atomic E-state index is 0.107. The Labute approximate surface area is 130 Å². The van der Waals surface area contributed by atoms with Gasteiger partial charge in [0.05, 0.1) is 10.6 Å². The summed E-state index contributed by atoms with van der Waals surface area (Å²) < 4.78 is 5.33. The molecule has 1 rings (SSSR count). The summed E-state index contributed by atoms with van der Waals surface area (Å²) in [4.78, 5) is 28.2. The molecule has 6 heteroatoms. The van der Waals surface area contributed by atoms with Crippen molar-refractivity contribution in [2.45, 2.75) is 46.3 Å². The Kier molecular flexibility index (Phi) is 5.72. The summed E-state index contributed by atoms with van der Waals surface area (Å²) >= 11 is 5.93. The first kappa shape index (κ1) is 17.4. The van der Waals surface area contributed by atoms with E-state index in [2.05, 4.69) is 10.3 Å². The minimum atomic E-state index is -0.735. The highest BCUT2D eigenvalue weighted by Gasteiger charge is 2.29. The average molecular weight is 313 g/mol. The van der Waals surface area contributed by atoms with Crippen LogP contribution in [0.4, 0.5) is 0 Å². The molecule has 0 bridgehead atoms. The maximum atomic E-state index is 12.2. The van der Waals surface area contributed by atoms with Gasteiger partial charge in [-0.15, -0.1) is 0 Å². The van der Waals surface area contributed by atoms with Crippen molar-refractivity contribution in [1.29, 1.82) is 0 Å². The molecule has 0 spiro atoms. The fraction of sp³-hybridized carbons (Fsp3) is 0.533. The number of ether oxygens (including phenoxy) is 1. The van der Waals surface area contributed by atoms with E-state index in [1.807, 2.05) is 13.8 Å². The number of halogens is 1. The molecule has 0 saturated carbocycles. The number of hydrogen-bond donors (Lipinski definition) is 1. The fourth-order valence-electron chi connectivity index (χ4n) is 1.64. The van der Waals surface area contributed by atoms with Crippen molar-refractivity contribution in [3.63, 3.8) is 0 Å². The molecule has 0 aliphatic carbocycles. The third kappa shape index (κ3) is 5.34. The van der Waals surface area contributed by atoms with Crippen LogP contribution in [-0.4, -0.2) is 28.5 Å². The molecule has 0 aromatic carbocycles. The van der Waals surface area contributed by atoms with Crippen LogP contribution < -0.4 is 5.32 Å². The average Bonchev–Trinajstić information content (AvgIpc) is 2.33. The smallest absolute Gasteiger partial charge is 0.329 e. The van der Waals surface area contributed by atoms with Crippen LogP contribution in [0.3, 0.4) is 0 Å². The summed E-state index contributed by atoms with van der Waals surface area (Å²) in [5.74, 6) is -0.993. The van der Waals surface area contributed by atoms with Crippen LogP contribution in [0.25, 0.3) is 0 Å². The standard InChI is InChI=1S/C15H21ClN2O3/c1-9(2)12(14(20)21-15(3,4)5)18-13(19)10-6-7-17-8-11(10)16/h6-9,12H,1-5H3,(H,18,19)/t12-/m0/s1. The lowest BCUT2D eigenvalue weighted by Crippen LogP contribution is -2.47. The molecule has 0 radical (unpaired) electrons. The van der Waals surface area contributed by atoms with Crippen molar-refractivity contribution < 1.29 is 14.3 Å². The molecule has 0 fully saturated rings. The zero-order valence-electron chi connectivity index (χ0n) is 12.9. The van der Waals surface area contributed by atoms with E-state index in [-0.39, 0.29) is 16.5 Å². The molecule has 0 unspecified atom stereocenters. The predicted molar refractivity (Wildman–Crippen MR) is 81.2 cm³/mol. The van der Waals surface area contributed by atoms with Crippen LogP contribution in [0.1, 0.15) is 45.0 Å². The molecule has 1 amide bonds. The van der Waals surface area contributed by atoms with Crippen molar-refractivity contribution in [3.05, 3.63) is 29.0 Å². The lowest BCUT2D eigenvalue weighted by Gasteiger charge is -2.26. The highest BCUT2D eigenvalue weighted by molar-refractivity contribution is 6.33. The monoisotopic (exact) mass is 312 g/mol. The highest BCUT2D eigenvalue weighted by atomic mass is 35.5. The summed E-state index contributed by atoms with van der Waals surface area (Å²) in [7, 11) is 0. The molecule has 0 aliphatic rings. The predicted octanol–water partition coefficient (Wildman–Crippen LogP) is 2.83. The van der Waals surface area contributed by atoms with Crippen molar-refractivity contribution in [1.82, 2.24) is 10.3 Å². The van der Waals surface area contributed by atoms with Gasteiger partial charge in [0.1, 0.15) is 11.6 Å². The van der Waals surface area contributed by atoms with Gasteiger partial charge in [0, 0.05) is 12.4 Å². The summed E-state index contributed by atoms with van der Waals surface area (Å²) in [5, 5.41) is 2.91. The molecule has 1 aromatic heterocycles. The number of esters is 1. The Balaban J connectivity index is 2.87. The Hall–Kier alpha value is -1.62. The third-order valence-electron chi connectivity index (χ3n) is 2.63. The molecule has 0 saturated heterocycles. The summed E-state index contributed by atoms with van der Waals surface area (Å²) in [5.41, 5.74) is -0.329. The Morgan fingerprint density at radius 1 is 1.33 bits per heavy atom. The van der Waals surface area contributed by atoms with Gasteiger partial charge >= 0.3 is 5.97 Å². The Morgan fingerprint density at radius 3 is 2.43 bits per heavy atom. The zero-order chi connectivity index (χ0) is 16.2. The highest BCUT2D eigenvalue weighted by Crippen LogP contribution is 2.16. The quantitative estimate of drug-likeness (QED) is 0.868. The van der Waals surface area contributed by atoms with Crippen LogP contribution in [0.2, 0.25) is 5.02 Å². The van der Waals surface area contributed by atoms with E-state index in [0.717, 1.165) is 0 Å².